The highest BCUT2D eigenvalue weighted by molar-refractivity contribution is 7.99. The highest BCUT2D eigenvalue weighted by Gasteiger charge is 2.08. The summed E-state index contributed by atoms with van der Waals surface area (Å²) >= 11 is 3.85. The Bertz CT molecular complexity index is 598. The highest BCUT2D eigenvalue weighted by atomic mass is 32.2. The van der Waals surface area contributed by atoms with Crippen LogP contribution in [-0.2, 0) is 19.5 Å². The number of thioether (sulfide) groups is 2. The van der Waals surface area contributed by atoms with E-state index < -0.39 is 0 Å². The zero-order valence-corrected chi connectivity index (χ0v) is 17.1. The molecule has 0 saturated carbocycles. The van der Waals surface area contributed by atoms with Gasteiger partial charge in [-0.2, -0.15) is 23.5 Å². The fourth-order valence-corrected chi connectivity index (χ4v) is 3.85. The van der Waals surface area contributed by atoms with E-state index in [9.17, 15) is 0 Å². The summed E-state index contributed by atoms with van der Waals surface area (Å²) in [4.78, 5) is 0. The number of rotatable bonds is 13. The van der Waals surface area contributed by atoms with Crippen molar-refractivity contribution in [2.24, 2.45) is 0 Å². The van der Waals surface area contributed by atoms with Gasteiger partial charge in [0.15, 0.2) is 0 Å². The molecule has 1 unspecified atom stereocenters. The van der Waals surface area contributed by atoms with Crippen molar-refractivity contribution in [2.75, 3.05) is 30.9 Å². The van der Waals surface area contributed by atoms with E-state index in [1.54, 1.807) is 0 Å². The SMILES string of the molecule is CSCCNCc1cc(CC(C)SCCNCc2ccc(C)o2)co1. The van der Waals surface area contributed by atoms with Gasteiger partial charge in [0.1, 0.15) is 17.3 Å². The van der Waals surface area contributed by atoms with Crippen LogP contribution in [0.5, 0.6) is 0 Å². The Balaban J connectivity index is 1.55. The van der Waals surface area contributed by atoms with Crippen molar-refractivity contribution in [3.05, 3.63) is 47.3 Å². The zero-order valence-electron chi connectivity index (χ0n) is 15.5. The van der Waals surface area contributed by atoms with E-state index >= 15 is 0 Å². The summed E-state index contributed by atoms with van der Waals surface area (Å²) in [5, 5.41) is 7.41. The van der Waals surface area contributed by atoms with Crippen LogP contribution in [0.2, 0.25) is 0 Å². The molecule has 140 valence electrons. The van der Waals surface area contributed by atoms with Crippen molar-refractivity contribution < 1.29 is 8.83 Å². The van der Waals surface area contributed by atoms with Crippen molar-refractivity contribution in [1.82, 2.24) is 10.6 Å². The van der Waals surface area contributed by atoms with Crippen molar-refractivity contribution in [1.29, 1.82) is 0 Å². The zero-order chi connectivity index (χ0) is 17.9. The molecule has 0 radical (unpaired) electrons. The van der Waals surface area contributed by atoms with Gasteiger partial charge in [0.05, 0.1) is 19.4 Å². The van der Waals surface area contributed by atoms with E-state index in [1.807, 2.05) is 48.8 Å². The van der Waals surface area contributed by atoms with E-state index in [2.05, 4.69) is 29.9 Å². The Kier molecular flexibility index (Phi) is 9.61. The number of hydrogen-bond acceptors (Lipinski definition) is 6. The summed E-state index contributed by atoms with van der Waals surface area (Å²) < 4.78 is 11.2. The molecular weight excluding hydrogens is 352 g/mol. The number of aryl methyl sites for hydroxylation is 1. The molecule has 0 aromatic carbocycles. The molecule has 2 N–H and O–H groups in total. The van der Waals surface area contributed by atoms with E-state index in [1.165, 1.54) is 5.56 Å². The number of furan rings is 2. The Morgan fingerprint density at radius 3 is 2.56 bits per heavy atom. The van der Waals surface area contributed by atoms with Crippen molar-refractivity contribution in [3.63, 3.8) is 0 Å². The maximum Gasteiger partial charge on any atom is 0.117 e. The molecule has 4 nitrogen and oxygen atoms in total. The third kappa shape index (κ3) is 8.40. The van der Waals surface area contributed by atoms with E-state index in [0.717, 1.165) is 61.4 Å². The third-order valence-corrected chi connectivity index (χ3v) is 5.58. The average molecular weight is 383 g/mol. The molecule has 25 heavy (non-hydrogen) atoms. The fourth-order valence-electron chi connectivity index (χ4n) is 2.53. The molecule has 0 fully saturated rings. The summed E-state index contributed by atoms with van der Waals surface area (Å²) in [5.41, 5.74) is 1.29. The standard InChI is InChI=1S/C19H30N2O2S2/c1-15-4-5-18(23-15)12-21-7-9-25-16(2)10-17-11-19(22-14-17)13-20-6-8-24-3/h4-5,11,14,16,20-21H,6-10,12-13H2,1-3H3. The maximum atomic E-state index is 5.64. The molecule has 2 heterocycles. The Morgan fingerprint density at radius 2 is 1.84 bits per heavy atom. The molecule has 1 atom stereocenters. The van der Waals surface area contributed by atoms with Crippen LogP contribution >= 0.6 is 23.5 Å². The van der Waals surface area contributed by atoms with Crippen LogP contribution in [0.3, 0.4) is 0 Å². The van der Waals surface area contributed by atoms with Gasteiger partial charge in [-0.1, -0.05) is 6.92 Å². The van der Waals surface area contributed by atoms with Gasteiger partial charge in [-0.3, -0.25) is 0 Å². The first kappa shape index (κ1) is 20.5. The molecule has 0 aliphatic carbocycles. The minimum absolute atomic E-state index is 0.586. The molecular formula is C19H30N2O2S2. The third-order valence-electron chi connectivity index (χ3n) is 3.79. The summed E-state index contributed by atoms with van der Waals surface area (Å²) in [6.07, 6.45) is 5.08. The summed E-state index contributed by atoms with van der Waals surface area (Å²) in [5.74, 6) is 5.24. The van der Waals surface area contributed by atoms with E-state index in [4.69, 9.17) is 8.83 Å². The summed E-state index contributed by atoms with van der Waals surface area (Å²) in [6.45, 7) is 7.89. The summed E-state index contributed by atoms with van der Waals surface area (Å²) in [6, 6.07) is 6.22. The predicted molar refractivity (Wildman–Crippen MR) is 110 cm³/mol. The van der Waals surface area contributed by atoms with Gasteiger partial charge in [0.2, 0.25) is 0 Å². The van der Waals surface area contributed by atoms with Gasteiger partial charge in [-0.15, -0.1) is 0 Å². The quantitative estimate of drug-likeness (QED) is 0.509. The van der Waals surface area contributed by atoms with Crippen LogP contribution in [-0.4, -0.2) is 36.1 Å². The first-order chi connectivity index (χ1) is 12.2. The molecule has 0 amide bonds. The second-order valence-corrected chi connectivity index (χ2v) is 8.70. The lowest BCUT2D eigenvalue weighted by atomic mass is 10.2. The molecule has 0 aliphatic rings. The van der Waals surface area contributed by atoms with Gasteiger partial charge in [-0.25, -0.2) is 0 Å². The first-order valence-corrected chi connectivity index (χ1v) is 11.2. The lowest BCUT2D eigenvalue weighted by Gasteiger charge is -2.10. The molecule has 2 aromatic heterocycles. The first-order valence-electron chi connectivity index (χ1n) is 8.81. The van der Waals surface area contributed by atoms with Crippen molar-refractivity contribution >= 4 is 23.5 Å². The Labute approximate surface area is 159 Å². The van der Waals surface area contributed by atoms with Crippen LogP contribution in [0.1, 0.15) is 29.8 Å². The van der Waals surface area contributed by atoms with Crippen LogP contribution in [0.25, 0.3) is 0 Å². The van der Waals surface area contributed by atoms with Crippen LogP contribution in [0.4, 0.5) is 0 Å². The predicted octanol–water partition coefficient (Wildman–Crippen LogP) is 4.09. The van der Waals surface area contributed by atoms with Gasteiger partial charge < -0.3 is 19.5 Å². The highest BCUT2D eigenvalue weighted by Crippen LogP contribution is 2.18. The lowest BCUT2D eigenvalue weighted by molar-refractivity contribution is 0.466. The summed E-state index contributed by atoms with van der Waals surface area (Å²) in [7, 11) is 0. The Morgan fingerprint density at radius 1 is 1.08 bits per heavy atom. The van der Waals surface area contributed by atoms with Crippen LogP contribution in [0.15, 0.2) is 33.3 Å². The number of hydrogen-bond donors (Lipinski definition) is 2. The minimum atomic E-state index is 0.586. The normalized spacial score (nSPS) is 12.6. The molecule has 2 rings (SSSR count). The second-order valence-electron chi connectivity index (χ2n) is 6.17. The van der Waals surface area contributed by atoms with E-state index in [-0.39, 0.29) is 0 Å². The molecule has 0 aliphatic heterocycles. The Hall–Kier alpha value is -0.820. The second kappa shape index (κ2) is 11.7. The minimum Gasteiger partial charge on any atom is -0.468 e. The average Bonchev–Trinajstić information content (AvgIpc) is 3.20. The molecule has 6 heteroatoms. The molecule has 0 saturated heterocycles. The largest absolute Gasteiger partial charge is 0.468 e. The van der Waals surface area contributed by atoms with E-state index in [0.29, 0.717) is 5.25 Å². The van der Waals surface area contributed by atoms with Crippen LogP contribution in [0, 0.1) is 6.92 Å². The maximum absolute atomic E-state index is 5.64. The monoisotopic (exact) mass is 382 g/mol. The van der Waals surface area contributed by atoms with Gasteiger partial charge in [0, 0.05) is 29.8 Å². The molecule has 0 spiro atoms. The van der Waals surface area contributed by atoms with Gasteiger partial charge in [0.25, 0.3) is 0 Å². The topological polar surface area (TPSA) is 50.3 Å². The van der Waals surface area contributed by atoms with Crippen LogP contribution < -0.4 is 10.6 Å². The smallest absolute Gasteiger partial charge is 0.117 e. The molecule has 0 bridgehead atoms. The van der Waals surface area contributed by atoms with Crippen molar-refractivity contribution in [2.45, 2.75) is 38.6 Å². The number of nitrogens with one attached hydrogen (secondary N) is 2. The lowest BCUT2D eigenvalue weighted by Crippen LogP contribution is -2.17. The fraction of sp³-hybridized carbons (Fsp3) is 0.579. The van der Waals surface area contributed by atoms with Gasteiger partial charge >= 0.3 is 0 Å². The van der Waals surface area contributed by atoms with Crippen molar-refractivity contribution in [3.8, 4) is 0 Å². The van der Waals surface area contributed by atoms with Gasteiger partial charge in [-0.05, 0) is 43.4 Å². The molecule has 2 aromatic rings.